The predicted molar refractivity (Wildman–Crippen MR) is 193 cm³/mol. The molecule has 0 aliphatic carbocycles. The zero-order chi connectivity index (χ0) is 34.0. The first-order valence-corrected chi connectivity index (χ1v) is 16.7. The highest BCUT2D eigenvalue weighted by Crippen LogP contribution is 2.33. The maximum Gasteiger partial charge on any atom is 0.272 e. The van der Waals surface area contributed by atoms with E-state index in [1.165, 1.54) is 43.4 Å². The van der Waals surface area contributed by atoms with Crippen molar-refractivity contribution >= 4 is 57.7 Å². The van der Waals surface area contributed by atoms with Crippen LogP contribution in [0.2, 0.25) is 0 Å². The summed E-state index contributed by atoms with van der Waals surface area (Å²) in [5.74, 6) is -0.244. The highest BCUT2D eigenvalue weighted by molar-refractivity contribution is 8.00. The summed E-state index contributed by atoms with van der Waals surface area (Å²) in [6.07, 6.45) is 1.54. The van der Waals surface area contributed by atoms with E-state index in [1.54, 1.807) is 60.7 Å². The van der Waals surface area contributed by atoms with Crippen LogP contribution in [0.3, 0.4) is 0 Å². The fraction of sp³-hybridized carbons (Fsp3) is 0.135. The first-order valence-electron chi connectivity index (χ1n) is 15.0. The SMILES string of the molecule is COc1cccc(/C=C(\NC(=O)c2ccccc2)C(=O)Nc2ccc(SC(C)C(=O)Nc3nc(-c4ccccc4)c(C)s3)cc2)c1OC. The summed E-state index contributed by atoms with van der Waals surface area (Å²) in [6.45, 7) is 3.81. The summed E-state index contributed by atoms with van der Waals surface area (Å²) in [6, 6.07) is 30.9. The zero-order valence-corrected chi connectivity index (χ0v) is 28.4. The molecule has 0 aliphatic rings. The molecule has 5 aromatic rings. The number of carbonyl (C=O) groups is 3. The smallest absolute Gasteiger partial charge is 0.272 e. The lowest BCUT2D eigenvalue weighted by atomic mass is 10.1. The number of anilines is 2. The van der Waals surface area contributed by atoms with E-state index in [2.05, 4.69) is 20.9 Å². The van der Waals surface area contributed by atoms with Gasteiger partial charge < -0.3 is 25.4 Å². The lowest BCUT2D eigenvalue weighted by Crippen LogP contribution is -2.30. The minimum Gasteiger partial charge on any atom is -0.493 e. The maximum atomic E-state index is 13.6. The van der Waals surface area contributed by atoms with Crippen LogP contribution in [0.15, 0.2) is 114 Å². The van der Waals surface area contributed by atoms with E-state index in [1.807, 2.05) is 56.3 Å². The van der Waals surface area contributed by atoms with Crippen LogP contribution in [0, 0.1) is 6.92 Å². The number of aryl methyl sites for hydroxylation is 1. The summed E-state index contributed by atoms with van der Waals surface area (Å²) in [4.78, 5) is 46.1. The number of carbonyl (C=O) groups excluding carboxylic acids is 3. The number of ether oxygens (including phenoxy) is 2. The van der Waals surface area contributed by atoms with E-state index >= 15 is 0 Å². The van der Waals surface area contributed by atoms with Crippen molar-refractivity contribution in [1.82, 2.24) is 10.3 Å². The quantitative estimate of drug-likeness (QED) is 0.0916. The van der Waals surface area contributed by atoms with Gasteiger partial charge in [0.1, 0.15) is 5.70 Å². The van der Waals surface area contributed by atoms with Crippen LogP contribution in [0.1, 0.15) is 27.7 Å². The highest BCUT2D eigenvalue weighted by atomic mass is 32.2. The van der Waals surface area contributed by atoms with E-state index in [9.17, 15) is 14.4 Å². The van der Waals surface area contributed by atoms with Gasteiger partial charge in [0.15, 0.2) is 16.6 Å². The van der Waals surface area contributed by atoms with Gasteiger partial charge in [0, 0.05) is 32.2 Å². The van der Waals surface area contributed by atoms with Gasteiger partial charge in [-0.1, -0.05) is 60.7 Å². The molecule has 5 rings (SSSR count). The van der Waals surface area contributed by atoms with Gasteiger partial charge in [0.05, 0.1) is 25.2 Å². The Morgan fingerprint density at radius 1 is 0.833 bits per heavy atom. The first-order chi connectivity index (χ1) is 23.2. The average Bonchev–Trinajstić information content (AvgIpc) is 3.48. The van der Waals surface area contributed by atoms with Crippen LogP contribution in [0.25, 0.3) is 17.3 Å². The molecule has 3 amide bonds. The molecule has 0 saturated carbocycles. The molecular formula is C37H34N4O5S2. The Bertz CT molecular complexity index is 1930. The molecule has 0 bridgehead atoms. The molecule has 1 atom stereocenters. The second kappa shape index (κ2) is 15.9. The normalized spacial score (nSPS) is 11.7. The standard InChI is InChI=1S/C37H34N4O5S2/c1-23-32(25-12-7-5-8-13-25)40-37(48-23)41-34(42)24(2)47-29-20-18-28(19-21-29)38-36(44)30(39-35(43)26-14-9-6-10-15-26)22-27-16-11-17-31(45-3)33(27)46-4/h5-22,24H,1-4H3,(H,38,44)(H,39,43)(H,40,41,42)/b30-22-. The maximum absolute atomic E-state index is 13.6. The Kier molecular flexibility index (Phi) is 11.3. The van der Waals surface area contributed by atoms with E-state index < -0.39 is 17.1 Å². The second-order valence-corrected chi connectivity index (χ2v) is 13.1. The molecule has 244 valence electrons. The molecule has 0 spiro atoms. The number of benzene rings is 4. The van der Waals surface area contributed by atoms with Crippen molar-refractivity contribution in [3.63, 3.8) is 0 Å². The molecule has 1 aromatic heterocycles. The molecule has 3 N–H and O–H groups in total. The van der Waals surface area contributed by atoms with E-state index in [-0.39, 0.29) is 11.6 Å². The molecule has 4 aromatic carbocycles. The average molecular weight is 679 g/mol. The van der Waals surface area contributed by atoms with Crippen molar-refractivity contribution in [2.75, 3.05) is 24.9 Å². The van der Waals surface area contributed by atoms with Crippen LogP contribution < -0.4 is 25.4 Å². The van der Waals surface area contributed by atoms with Gasteiger partial charge in [0.2, 0.25) is 5.91 Å². The van der Waals surface area contributed by atoms with Gasteiger partial charge >= 0.3 is 0 Å². The molecule has 1 heterocycles. The molecule has 11 heteroatoms. The van der Waals surface area contributed by atoms with Crippen molar-refractivity contribution in [2.45, 2.75) is 24.0 Å². The summed E-state index contributed by atoms with van der Waals surface area (Å²) in [7, 11) is 3.03. The number of rotatable bonds is 12. The van der Waals surface area contributed by atoms with Crippen molar-refractivity contribution < 1.29 is 23.9 Å². The number of nitrogens with one attached hydrogen (secondary N) is 3. The summed E-state index contributed by atoms with van der Waals surface area (Å²) in [5, 5.41) is 8.67. The van der Waals surface area contributed by atoms with Crippen molar-refractivity contribution in [3.8, 4) is 22.8 Å². The second-order valence-electron chi connectivity index (χ2n) is 10.5. The lowest BCUT2D eigenvalue weighted by Gasteiger charge is -2.14. The fourth-order valence-corrected chi connectivity index (χ4v) is 6.42. The topological polar surface area (TPSA) is 119 Å². The fourth-order valence-electron chi connectivity index (χ4n) is 4.72. The molecule has 1 unspecified atom stereocenters. The minimum absolute atomic E-state index is 0.00648. The van der Waals surface area contributed by atoms with Gasteiger partial charge in [-0.25, -0.2) is 4.98 Å². The van der Waals surface area contributed by atoms with Crippen molar-refractivity contribution in [3.05, 3.63) is 125 Å². The van der Waals surface area contributed by atoms with Crippen molar-refractivity contribution in [2.24, 2.45) is 0 Å². The first kappa shape index (κ1) is 34.0. The Morgan fingerprint density at radius 3 is 2.19 bits per heavy atom. The Hall–Kier alpha value is -5.39. The molecule has 0 saturated heterocycles. The number of hydrogen-bond acceptors (Lipinski definition) is 8. The number of para-hydroxylation sites is 1. The molecule has 0 aliphatic heterocycles. The molecular weight excluding hydrogens is 645 g/mol. The minimum atomic E-state index is -0.536. The van der Waals surface area contributed by atoms with Gasteiger partial charge in [-0.3, -0.25) is 14.4 Å². The van der Waals surface area contributed by atoms with E-state index in [0.717, 1.165) is 21.0 Å². The summed E-state index contributed by atoms with van der Waals surface area (Å²) in [5.41, 5.74) is 3.31. The monoisotopic (exact) mass is 678 g/mol. The lowest BCUT2D eigenvalue weighted by molar-refractivity contribution is -0.115. The van der Waals surface area contributed by atoms with Crippen LogP contribution in [-0.4, -0.2) is 42.2 Å². The number of thiazole rings is 1. The number of aromatic nitrogens is 1. The third-order valence-electron chi connectivity index (χ3n) is 7.13. The van der Waals surface area contributed by atoms with Gasteiger partial charge in [-0.2, -0.15) is 0 Å². The van der Waals surface area contributed by atoms with E-state index in [4.69, 9.17) is 9.47 Å². The third-order valence-corrected chi connectivity index (χ3v) is 9.13. The Morgan fingerprint density at radius 2 is 1.52 bits per heavy atom. The van der Waals surface area contributed by atoms with Crippen molar-refractivity contribution in [1.29, 1.82) is 0 Å². The number of methoxy groups -OCH3 is 2. The number of hydrogen-bond donors (Lipinski definition) is 3. The van der Waals surface area contributed by atoms with Gasteiger partial charge in [-0.05, 0) is 62.4 Å². The molecule has 48 heavy (non-hydrogen) atoms. The zero-order valence-electron chi connectivity index (χ0n) is 26.8. The molecule has 0 fully saturated rings. The van der Waals surface area contributed by atoms with E-state index in [0.29, 0.717) is 33.4 Å². The van der Waals surface area contributed by atoms with Gasteiger partial charge in [-0.15, -0.1) is 23.1 Å². The van der Waals surface area contributed by atoms with Crippen LogP contribution in [-0.2, 0) is 9.59 Å². The third kappa shape index (κ3) is 8.49. The Balaban J connectivity index is 1.27. The van der Waals surface area contributed by atoms with Gasteiger partial charge in [0.25, 0.3) is 11.8 Å². The number of thioether (sulfide) groups is 1. The molecule has 0 radical (unpaired) electrons. The molecule has 9 nitrogen and oxygen atoms in total. The summed E-state index contributed by atoms with van der Waals surface area (Å²) < 4.78 is 10.9. The summed E-state index contributed by atoms with van der Waals surface area (Å²) >= 11 is 2.83. The van der Waals surface area contributed by atoms with Crippen LogP contribution in [0.5, 0.6) is 11.5 Å². The highest BCUT2D eigenvalue weighted by Gasteiger charge is 2.20. The van der Waals surface area contributed by atoms with Crippen LogP contribution >= 0.6 is 23.1 Å². The number of nitrogens with zero attached hydrogens (tertiary/aromatic N) is 1. The predicted octanol–water partition coefficient (Wildman–Crippen LogP) is 7.66. The van der Waals surface area contributed by atoms with Crippen LogP contribution in [0.4, 0.5) is 10.8 Å². The number of amides is 3. The Labute approximate surface area is 287 Å². The largest absolute Gasteiger partial charge is 0.493 e.